The summed E-state index contributed by atoms with van der Waals surface area (Å²) in [6.45, 7) is 7.63. The third-order valence-electron chi connectivity index (χ3n) is 3.46. The Hall–Kier alpha value is -2.60. The standard InChI is InChI=1S/C20H21BrN2O3/c1-4-10-26-18-9-8-14(11-17(18)21)20(25)23-16-7-5-6-15(12-16)22-19(24)13(2)3/h4-9,11-13H,1,10H2,2-3H3,(H,22,24)(H,23,25). The summed E-state index contributed by atoms with van der Waals surface area (Å²) in [5.41, 5.74) is 1.72. The van der Waals surface area contributed by atoms with Crippen molar-refractivity contribution in [1.29, 1.82) is 0 Å². The number of nitrogens with one attached hydrogen (secondary N) is 2. The van der Waals surface area contributed by atoms with Gasteiger partial charge in [-0.05, 0) is 52.3 Å². The van der Waals surface area contributed by atoms with Crippen molar-refractivity contribution >= 4 is 39.1 Å². The molecule has 0 saturated carbocycles. The SMILES string of the molecule is C=CCOc1ccc(C(=O)Nc2cccc(NC(=O)C(C)C)c2)cc1Br. The quantitative estimate of drug-likeness (QED) is 0.633. The fraction of sp³-hybridized carbons (Fsp3) is 0.200. The first-order valence-corrected chi connectivity index (χ1v) is 8.95. The summed E-state index contributed by atoms with van der Waals surface area (Å²) in [5.74, 6) is 0.188. The second-order valence-electron chi connectivity index (χ2n) is 5.92. The maximum atomic E-state index is 12.5. The third-order valence-corrected chi connectivity index (χ3v) is 4.08. The molecule has 0 aliphatic rings. The van der Waals surface area contributed by atoms with Gasteiger partial charge in [-0.15, -0.1) is 0 Å². The van der Waals surface area contributed by atoms with Gasteiger partial charge in [0, 0.05) is 22.9 Å². The molecule has 2 rings (SSSR count). The maximum Gasteiger partial charge on any atom is 0.255 e. The molecular weight excluding hydrogens is 396 g/mol. The van der Waals surface area contributed by atoms with Crippen LogP contribution >= 0.6 is 15.9 Å². The molecule has 2 N–H and O–H groups in total. The molecule has 0 heterocycles. The van der Waals surface area contributed by atoms with Crippen LogP contribution in [0.1, 0.15) is 24.2 Å². The molecule has 136 valence electrons. The summed E-state index contributed by atoms with van der Waals surface area (Å²) in [4.78, 5) is 24.2. The first-order valence-electron chi connectivity index (χ1n) is 8.16. The van der Waals surface area contributed by atoms with Gasteiger partial charge in [0.2, 0.25) is 5.91 Å². The molecule has 2 aromatic carbocycles. The van der Waals surface area contributed by atoms with Gasteiger partial charge in [-0.25, -0.2) is 0 Å². The number of anilines is 2. The lowest BCUT2D eigenvalue weighted by atomic mass is 10.2. The number of benzene rings is 2. The predicted octanol–water partition coefficient (Wildman–Crippen LogP) is 4.86. The molecule has 0 saturated heterocycles. The monoisotopic (exact) mass is 416 g/mol. The zero-order valence-electron chi connectivity index (χ0n) is 14.7. The minimum Gasteiger partial charge on any atom is -0.488 e. The number of rotatable bonds is 7. The van der Waals surface area contributed by atoms with Crippen LogP contribution in [0.2, 0.25) is 0 Å². The molecule has 0 atom stereocenters. The topological polar surface area (TPSA) is 67.4 Å². The summed E-state index contributed by atoms with van der Waals surface area (Å²) in [7, 11) is 0. The van der Waals surface area contributed by atoms with Crippen LogP contribution in [0.3, 0.4) is 0 Å². The molecule has 26 heavy (non-hydrogen) atoms. The molecule has 0 bridgehead atoms. The Morgan fingerprint density at radius 1 is 1.15 bits per heavy atom. The predicted molar refractivity (Wildman–Crippen MR) is 108 cm³/mol. The lowest BCUT2D eigenvalue weighted by Gasteiger charge is -2.11. The van der Waals surface area contributed by atoms with Crippen LogP contribution in [0.5, 0.6) is 5.75 Å². The minimum absolute atomic E-state index is 0.0764. The van der Waals surface area contributed by atoms with Gasteiger partial charge in [0.05, 0.1) is 4.47 Å². The molecule has 0 spiro atoms. The highest BCUT2D eigenvalue weighted by Crippen LogP contribution is 2.26. The van der Waals surface area contributed by atoms with E-state index in [1.165, 1.54) is 0 Å². The number of ether oxygens (including phenoxy) is 1. The van der Waals surface area contributed by atoms with Crippen molar-refractivity contribution in [3.05, 3.63) is 65.2 Å². The van der Waals surface area contributed by atoms with Crippen molar-refractivity contribution in [3.8, 4) is 5.75 Å². The fourth-order valence-electron chi connectivity index (χ4n) is 2.07. The zero-order chi connectivity index (χ0) is 19.1. The average molecular weight is 417 g/mol. The van der Waals surface area contributed by atoms with Gasteiger partial charge < -0.3 is 15.4 Å². The largest absolute Gasteiger partial charge is 0.488 e. The molecule has 0 aliphatic heterocycles. The molecular formula is C20H21BrN2O3. The summed E-state index contributed by atoms with van der Waals surface area (Å²) >= 11 is 3.40. The summed E-state index contributed by atoms with van der Waals surface area (Å²) in [6, 6.07) is 12.1. The highest BCUT2D eigenvalue weighted by atomic mass is 79.9. The smallest absolute Gasteiger partial charge is 0.255 e. The van der Waals surface area contributed by atoms with Crippen molar-refractivity contribution in [3.63, 3.8) is 0 Å². The number of amides is 2. The maximum absolute atomic E-state index is 12.5. The van der Waals surface area contributed by atoms with Crippen LogP contribution in [-0.2, 0) is 4.79 Å². The number of carbonyl (C=O) groups excluding carboxylic acids is 2. The van der Waals surface area contributed by atoms with Crippen LogP contribution in [0, 0.1) is 5.92 Å². The van der Waals surface area contributed by atoms with E-state index >= 15 is 0 Å². The molecule has 2 amide bonds. The van der Waals surface area contributed by atoms with E-state index in [4.69, 9.17) is 4.74 Å². The van der Waals surface area contributed by atoms with Crippen molar-refractivity contribution in [2.45, 2.75) is 13.8 Å². The molecule has 0 fully saturated rings. The van der Waals surface area contributed by atoms with Gasteiger partial charge in [0.25, 0.3) is 5.91 Å². The third kappa shape index (κ3) is 5.46. The first-order chi connectivity index (χ1) is 12.4. The second-order valence-corrected chi connectivity index (χ2v) is 6.78. The number of hydrogen-bond acceptors (Lipinski definition) is 3. The van der Waals surface area contributed by atoms with Crippen molar-refractivity contribution < 1.29 is 14.3 Å². The zero-order valence-corrected chi connectivity index (χ0v) is 16.3. The van der Waals surface area contributed by atoms with E-state index in [-0.39, 0.29) is 17.7 Å². The second kappa shape index (κ2) is 9.20. The minimum atomic E-state index is -0.256. The molecule has 0 aromatic heterocycles. The van der Waals surface area contributed by atoms with Crippen LogP contribution in [0.4, 0.5) is 11.4 Å². The molecule has 0 aliphatic carbocycles. The first kappa shape index (κ1) is 19.7. The Morgan fingerprint density at radius 2 is 1.85 bits per heavy atom. The van der Waals surface area contributed by atoms with E-state index < -0.39 is 0 Å². The van der Waals surface area contributed by atoms with Gasteiger partial charge >= 0.3 is 0 Å². The van der Waals surface area contributed by atoms with Crippen LogP contribution in [0.15, 0.2) is 59.6 Å². The lowest BCUT2D eigenvalue weighted by molar-refractivity contribution is -0.118. The van der Waals surface area contributed by atoms with Gasteiger partial charge in [-0.1, -0.05) is 32.6 Å². The van der Waals surface area contributed by atoms with Crippen LogP contribution in [0.25, 0.3) is 0 Å². The molecule has 2 aromatic rings. The number of hydrogen-bond donors (Lipinski definition) is 2. The average Bonchev–Trinajstić information content (AvgIpc) is 2.60. The van der Waals surface area contributed by atoms with Gasteiger partial charge in [0.15, 0.2) is 0 Å². The molecule has 5 nitrogen and oxygen atoms in total. The van der Waals surface area contributed by atoms with Crippen LogP contribution in [-0.4, -0.2) is 18.4 Å². The number of carbonyl (C=O) groups is 2. The van der Waals surface area contributed by atoms with E-state index in [0.29, 0.717) is 33.8 Å². The van der Waals surface area contributed by atoms with Crippen LogP contribution < -0.4 is 15.4 Å². The summed E-state index contributed by atoms with van der Waals surface area (Å²) < 4.78 is 6.16. The summed E-state index contributed by atoms with van der Waals surface area (Å²) in [5, 5.41) is 5.63. The fourth-order valence-corrected chi connectivity index (χ4v) is 2.57. The lowest BCUT2D eigenvalue weighted by Crippen LogP contribution is -2.18. The normalized spacial score (nSPS) is 10.3. The Morgan fingerprint density at radius 3 is 2.46 bits per heavy atom. The van der Waals surface area contributed by atoms with E-state index in [9.17, 15) is 9.59 Å². The number of halogens is 1. The Labute approximate surface area is 161 Å². The van der Waals surface area contributed by atoms with E-state index in [2.05, 4.69) is 33.1 Å². The molecule has 0 radical (unpaired) electrons. The Bertz CT molecular complexity index is 818. The molecule has 0 unspecified atom stereocenters. The van der Waals surface area contributed by atoms with E-state index in [0.717, 1.165) is 0 Å². The van der Waals surface area contributed by atoms with E-state index in [1.54, 1.807) is 48.5 Å². The van der Waals surface area contributed by atoms with E-state index in [1.807, 2.05) is 13.8 Å². The summed E-state index contributed by atoms with van der Waals surface area (Å²) in [6.07, 6.45) is 1.65. The van der Waals surface area contributed by atoms with Gasteiger partial charge in [-0.2, -0.15) is 0 Å². The highest BCUT2D eigenvalue weighted by molar-refractivity contribution is 9.10. The molecule has 6 heteroatoms. The Balaban J connectivity index is 2.08. The van der Waals surface area contributed by atoms with Gasteiger partial charge in [-0.3, -0.25) is 9.59 Å². The Kier molecular flexibility index (Phi) is 6.97. The van der Waals surface area contributed by atoms with Crippen molar-refractivity contribution in [1.82, 2.24) is 0 Å². The van der Waals surface area contributed by atoms with Crippen molar-refractivity contribution in [2.75, 3.05) is 17.2 Å². The van der Waals surface area contributed by atoms with Gasteiger partial charge in [0.1, 0.15) is 12.4 Å². The highest BCUT2D eigenvalue weighted by Gasteiger charge is 2.11. The van der Waals surface area contributed by atoms with Crippen molar-refractivity contribution in [2.24, 2.45) is 5.92 Å².